The number of anilines is 1. The van der Waals surface area contributed by atoms with E-state index >= 15 is 0 Å². The van der Waals surface area contributed by atoms with Crippen molar-refractivity contribution in [1.82, 2.24) is 19.8 Å². The summed E-state index contributed by atoms with van der Waals surface area (Å²) in [6.45, 7) is 2.09. The van der Waals surface area contributed by atoms with Gasteiger partial charge in [0.25, 0.3) is 5.91 Å². The average Bonchev–Trinajstić information content (AvgIpc) is 3.17. The molecule has 2 atom stereocenters. The van der Waals surface area contributed by atoms with Crippen LogP contribution in [0, 0.1) is 17.7 Å². The summed E-state index contributed by atoms with van der Waals surface area (Å²) >= 11 is 0. The van der Waals surface area contributed by atoms with Crippen molar-refractivity contribution in [3.8, 4) is 0 Å². The summed E-state index contributed by atoms with van der Waals surface area (Å²) in [5.41, 5.74) is 0.995. The summed E-state index contributed by atoms with van der Waals surface area (Å²) in [5, 5.41) is 2.90. The highest BCUT2D eigenvalue weighted by Gasteiger charge is 2.39. The molecule has 0 bridgehead atoms. The molecule has 3 heterocycles. The van der Waals surface area contributed by atoms with Crippen LogP contribution in [0.5, 0.6) is 0 Å². The molecular weight excluding hydrogens is 385 g/mol. The van der Waals surface area contributed by atoms with Gasteiger partial charge >= 0.3 is 0 Å². The van der Waals surface area contributed by atoms with Gasteiger partial charge in [-0.2, -0.15) is 0 Å². The van der Waals surface area contributed by atoms with Crippen molar-refractivity contribution in [2.24, 2.45) is 11.8 Å². The minimum atomic E-state index is -0.321. The van der Waals surface area contributed by atoms with Crippen molar-refractivity contribution in [3.05, 3.63) is 54.4 Å². The highest BCUT2D eigenvalue weighted by atomic mass is 19.1. The summed E-state index contributed by atoms with van der Waals surface area (Å²) in [7, 11) is 2.06. The Morgan fingerprint density at radius 2 is 1.87 bits per heavy atom. The number of carbonyl (C=O) groups excluding carboxylic acids is 2. The minimum Gasteiger partial charge on any atom is -0.337 e. The number of nitrogens with zero attached hydrogens (tertiary/aromatic N) is 4. The van der Waals surface area contributed by atoms with Crippen LogP contribution in [-0.4, -0.2) is 64.3 Å². The minimum absolute atomic E-state index is 0.0220. The van der Waals surface area contributed by atoms with Gasteiger partial charge in [-0.15, -0.1) is 0 Å². The summed E-state index contributed by atoms with van der Waals surface area (Å²) in [6, 6.07) is 6.16. The Kier molecular flexibility index (Phi) is 6.03. The lowest BCUT2D eigenvalue weighted by atomic mass is 9.86. The van der Waals surface area contributed by atoms with Gasteiger partial charge in [0.1, 0.15) is 11.5 Å². The number of nitrogens with one attached hydrogen (secondary N) is 1. The molecule has 4 rings (SSSR count). The first-order valence-electron chi connectivity index (χ1n) is 10.3. The van der Waals surface area contributed by atoms with Gasteiger partial charge in [0.15, 0.2) is 0 Å². The van der Waals surface area contributed by atoms with Crippen molar-refractivity contribution >= 4 is 17.5 Å². The molecule has 30 heavy (non-hydrogen) atoms. The summed E-state index contributed by atoms with van der Waals surface area (Å²) < 4.78 is 13.1. The Labute approximate surface area is 175 Å². The fourth-order valence-electron chi connectivity index (χ4n) is 4.61. The molecule has 2 aromatic rings. The van der Waals surface area contributed by atoms with E-state index in [1.54, 1.807) is 18.3 Å². The standard InChI is InChI=1S/C22H26FN5O2/c1-27-14-16(21(29)26-18-4-2-17(23)3-5-18)12-20(27)15-6-10-28(11-7-15)22(30)19-13-24-8-9-25-19/h2-5,8-9,13,15-16,20H,6-7,10-12,14H2,1H3,(H,26,29). The van der Waals surface area contributed by atoms with Gasteiger partial charge in [-0.3, -0.25) is 14.6 Å². The largest absolute Gasteiger partial charge is 0.337 e. The average molecular weight is 411 g/mol. The van der Waals surface area contributed by atoms with Crippen LogP contribution in [0.4, 0.5) is 10.1 Å². The topological polar surface area (TPSA) is 78.4 Å². The number of rotatable bonds is 4. The first-order valence-corrected chi connectivity index (χ1v) is 10.3. The zero-order chi connectivity index (χ0) is 21.1. The van der Waals surface area contributed by atoms with Crippen LogP contribution >= 0.6 is 0 Å². The fraction of sp³-hybridized carbons (Fsp3) is 0.455. The van der Waals surface area contributed by atoms with Crippen molar-refractivity contribution < 1.29 is 14.0 Å². The van der Waals surface area contributed by atoms with Crippen LogP contribution in [0.2, 0.25) is 0 Å². The number of aromatic nitrogens is 2. The van der Waals surface area contributed by atoms with Crippen molar-refractivity contribution in [3.63, 3.8) is 0 Å². The van der Waals surface area contributed by atoms with E-state index in [0.717, 1.165) is 19.3 Å². The SMILES string of the molecule is CN1CC(C(=O)Nc2ccc(F)cc2)CC1C1CCN(C(=O)c2cnccn2)CC1. The first-order chi connectivity index (χ1) is 14.5. The molecule has 8 heteroatoms. The summed E-state index contributed by atoms with van der Waals surface area (Å²) in [4.78, 5) is 37.4. The Bertz CT molecular complexity index is 884. The van der Waals surface area contributed by atoms with Crippen molar-refractivity contribution in [2.45, 2.75) is 25.3 Å². The smallest absolute Gasteiger partial charge is 0.274 e. The Hall–Kier alpha value is -2.87. The third-order valence-corrected chi connectivity index (χ3v) is 6.24. The molecule has 1 N–H and O–H groups in total. The van der Waals surface area contributed by atoms with E-state index in [-0.39, 0.29) is 23.5 Å². The normalized spacial score (nSPS) is 22.8. The van der Waals surface area contributed by atoms with E-state index < -0.39 is 0 Å². The lowest BCUT2D eigenvalue weighted by Crippen LogP contribution is -2.44. The maximum absolute atomic E-state index is 13.1. The van der Waals surface area contributed by atoms with E-state index in [1.807, 2.05) is 4.90 Å². The van der Waals surface area contributed by atoms with E-state index in [2.05, 4.69) is 27.2 Å². The van der Waals surface area contributed by atoms with E-state index in [1.165, 1.54) is 24.5 Å². The number of hydrogen-bond donors (Lipinski definition) is 1. The number of hydrogen-bond acceptors (Lipinski definition) is 5. The second kappa shape index (κ2) is 8.87. The van der Waals surface area contributed by atoms with Gasteiger partial charge < -0.3 is 15.1 Å². The molecule has 2 fully saturated rings. The van der Waals surface area contributed by atoms with Gasteiger partial charge in [-0.1, -0.05) is 0 Å². The molecule has 0 radical (unpaired) electrons. The van der Waals surface area contributed by atoms with E-state index in [9.17, 15) is 14.0 Å². The van der Waals surface area contributed by atoms with Crippen LogP contribution in [0.1, 0.15) is 29.8 Å². The molecule has 1 aromatic carbocycles. The zero-order valence-corrected chi connectivity index (χ0v) is 17.0. The zero-order valence-electron chi connectivity index (χ0n) is 17.0. The summed E-state index contributed by atoms with van der Waals surface area (Å²) in [6.07, 6.45) is 7.21. The molecule has 2 unspecified atom stereocenters. The maximum Gasteiger partial charge on any atom is 0.274 e. The number of amides is 2. The summed E-state index contributed by atoms with van der Waals surface area (Å²) in [5.74, 6) is -0.0595. The molecule has 2 aliphatic heterocycles. The second-order valence-electron chi connectivity index (χ2n) is 8.16. The molecule has 1 aromatic heterocycles. The quantitative estimate of drug-likeness (QED) is 0.836. The van der Waals surface area contributed by atoms with E-state index in [0.29, 0.717) is 43.0 Å². The molecular formula is C22H26FN5O2. The van der Waals surface area contributed by atoms with E-state index in [4.69, 9.17) is 0 Å². The lowest BCUT2D eigenvalue weighted by molar-refractivity contribution is -0.119. The van der Waals surface area contributed by atoms with Crippen molar-refractivity contribution in [2.75, 3.05) is 32.0 Å². The molecule has 158 valence electrons. The maximum atomic E-state index is 13.1. The molecule has 2 aliphatic rings. The number of benzene rings is 1. The Balaban J connectivity index is 1.30. The van der Waals surface area contributed by atoms with Crippen molar-refractivity contribution in [1.29, 1.82) is 0 Å². The first kappa shape index (κ1) is 20.4. The predicted octanol–water partition coefficient (Wildman–Crippen LogP) is 2.43. The van der Waals surface area contributed by atoms with Crippen LogP contribution in [0.25, 0.3) is 0 Å². The number of carbonyl (C=O) groups is 2. The van der Waals surface area contributed by atoms with Crippen LogP contribution < -0.4 is 5.32 Å². The van der Waals surface area contributed by atoms with Crippen LogP contribution in [0.3, 0.4) is 0 Å². The van der Waals surface area contributed by atoms with Gasteiger partial charge in [0, 0.05) is 43.8 Å². The number of piperidine rings is 1. The van der Waals surface area contributed by atoms with Gasteiger partial charge in [0.05, 0.1) is 12.1 Å². The number of likely N-dealkylation sites (tertiary alicyclic amines) is 2. The number of halogens is 1. The third kappa shape index (κ3) is 4.48. The van der Waals surface area contributed by atoms with Gasteiger partial charge in [0.2, 0.25) is 5.91 Å². The monoisotopic (exact) mass is 411 g/mol. The molecule has 0 saturated carbocycles. The van der Waals surface area contributed by atoms with Gasteiger partial charge in [-0.25, -0.2) is 9.37 Å². The fourth-order valence-corrected chi connectivity index (χ4v) is 4.61. The molecule has 2 amide bonds. The highest BCUT2D eigenvalue weighted by molar-refractivity contribution is 5.93. The molecule has 2 saturated heterocycles. The highest BCUT2D eigenvalue weighted by Crippen LogP contribution is 2.33. The lowest BCUT2D eigenvalue weighted by Gasteiger charge is -2.36. The third-order valence-electron chi connectivity index (χ3n) is 6.24. The molecule has 0 aliphatic carbocycles. The van der Waals surface area contributed by atoms with Crippen LogP contribution in [0.15, 0.2) is 42.9 Å². The van der Waals surface area contributed by atoms with Gasteiger partial charge in [-0.05, 0) is 56.5 Å². The predicted molar refractivity (Wildman–Crippen MR) is 110 cm³/mol. The Morgan fingerprint density at radius 1 is 1.13 bits per heavy atom. The molecule has 7 nitrogen and oxygen atoms in total. The Morgan fingerprint density at radius 3 is 2.53 bits per heavy atom. The van der Waals surface area contributed by atoms with Crippen LogP contribution in [-0.2, 0) is 4.79 Å². The second-order valence-corrected chi connectivity index (χ2v) is 8.16. The molecule has 0 spiro atoms.